The number of hydrogen-bond donors (Lipinski definition) is 1. The maximum absolute atomic E-state index is 11.5. The summed E-state index contributed by atoms with van der Waals surface area (Å²) in [5, 5.41) is 14.0. The molecule has 0 atom stereocenters. The number of rotatable bonds is 2. The van der Waals surface area contributed by atoms with Crippen molar-refractivity contribution in [3.05, 3.63) is 35.2 Å². The number of carbonyl (C=O) groups is 1. The van der Waals surface area contributed by atoms with Gasteiger partial charge in [0.1, 0.15) is 11.3 Å². The molecule has 0 radical (unpaired) electrons. The van der Waals surface area contributed by atoms with Crippen LogP contribution in [-0.4, -0.2) is 55.7 Å². The number of piperidine rings is 1. The zero-order valence-electron chi connectivity index (χ0n) is 19.3. The molecule has 0 spiro atoms. The molecule has 1 saturated heterocycles. The maximum atomic E-state index is 11.5. The Labute approximate surface area is 199 Å². The fraction of sp³-hybridized carbons (Fsp3) is 0.625. The normalized spacial score (nSPS) is 18.1. The number of amides is 1. The van der Waals surface area contributed by atoms with Gasteiger partial charge in [-0.1, -0.05) is 19.3 Å². The summed E-state index contributed by atoms with van der Waals surface area (Å²) < 4.78 is 8.42. The highest BCUT2D eigenvalue weighted by atomic mass is 79.9. The molecule has 0 aromatic carbocycles. The SMILES string of the molecule is Brc1cn(C2CCCCC2)nc1-c1ccncc1.CC(C)(C)OC(=O)N1CCC(O)CC1. The number of carbonyl (C=O) groups excluding carboxylic acids is 1. The van der Waals surface area contributed by atoms with Crippen LogP contribution in [0.3, 0.4) is 0 Å². The second-order valence-electron chi connectivity index (χ2n) is 9.53. The van der Waals surface area contributed by atoms with Gasteiger partial charge >= 0.3 is 6.09 Å². The summed E-state index contributed by atoms with van der Waals surface area (Å²) in [5.74, 6) is 0. The molecule has 1 amide bonds. The first-order valence-corrected chi connectivity index (χ1v) is 12.3. The number of nitrogens with zero attached hydrogens (tertiary/aromatic N) is 4. The smallest absolute Gasteiger partial charge is 0.410 e. The minimum absolute atomic E-state index is 0.256. The van der Waals surface area contributed by atoms with E-state index in [-0.39, 0.29) is 12.2 Å². The molecule has 176 valence electrons. The summed E-state index contributed by atoms with van der Waals surface area (Å²) in [7, 11) is 0. The van der Waals surface area contributed by atoms with Crippen LogP contribution in [0.5, 0.6) is 0 Å². The van der Waals surface area contributed by atoms with Crippen molar-refractivity contribution in [3.63, 3.8) is 0 Å². The zero-order valence-corrected chi connectivity index (χ0v) is 20.9. The van der Waals surface area contributed by atoms with Gasteiger partial charge in [-0.05, 0) is 74.5 Å². The number of likely N-dealkylation sites (tertiary alicyclic amines) is 1. The lowest BCUT2D eigenvalue weighted by atomic mass is 9.96. The number of aliphatic hydroxyl groups is 1. The molecule has 0 bridgehead atoms. The van der Waals surface area contributed by atoms with Crippen molar-refractivity contribution in [1.82, 2.24) is 19.7 Å². The molecule has 3 heterocycles. The van der Waals surface area contributed by atoms with E-state index in [9.17, 15) is 9.90 Å². The lowest BCUT2D eigenvalue weighted by Gasteiger charge is -2.31. The molecule has 4 rings (SSSR count). The molecule has 0 unspecified atom stereocenters. The average Bonchev–Trinajstić information content (AvgIpc) is 3.16. The summed E-state index contributed by atoms with van der Waals surface area (Å²) in [6, 6.07) is 4.57. The van der Waals surface area contributed by atoms with Crippen molar-refractivity contribution in [1.29, 1.82) is 0 Å². The summed E-state index contributed by atoms with van der Waals surface area (Å²) in [5.41, 5.74) is 1.70. The van der Waals surface area contributed by atoms with E-state index in [4.69, 9.17) is 9.84 Å². The molecule has 7 nitrogen and oxygen atoms in total. The Morgan fingerprint density at radius 2 is 1.72 bits per heavy atom. The van der Waals surface area contributed by atoms with Crippen LogP contribution in [0, 0.1) is 0 Å². The number of ether oxygens (including phenoxy) is 1. The minimum Gasteiger partial charge on any atom is -0.444 e. The first-order chi connectivity index (χ1) is 15.2. The standard InChI is InChI=1S/C14H16BrN3.C10H19NO3/c15-13-10-18(12-4-2-1-3-5-12)17-14(13)11-6-8-16-9-7-11;1-10(2,3)14-9(13)11-6-4-8(12)5-7-11/h6-10,12H,1-5H2;8,12H,4-7H2,1-3H3. The van der Waals surface area contributed by atoms with Crippen molar-refractivity contribution in [2.45, 2.75) is 83.5 Å². The molecule has 1 aliphatic carbocycles. The predicted molar refractivity (Wildman–Crippen MR) is 128 cm³/mol. The minimum atomic E-state index is -0.437. The Balaban J connectivity index is 0.000000188. The molecule has 2 aliphatic rings. The lowest BCUT2D eigenvalue weighted by Crippen LogP contribution is -2.42. The molecular weight excluding hydrogens is 472 g/mol. The van der Waals surface area contributed by atoms with E-state index in [1.54, 1.807) is 17.3 Å². The summed E-state index contributed by atoms with van der Waals surface area (Å²) >= 11 is 3.62. The zero-order chi connectivity index (χ0) is 23.1. The van der Waals surface area contributed by atoms with Crippen molar-refractivity contribution >= 4 is 22.0 Å². The van der Waals surface area contributed by atoms with Gasteiger partial charge in [-0.25, -0.2) is 4.79 Å². The average molecular weight is 507 g/mol. The van der Waals surface area contributed by atoms with Crippen LogP contribution < -0.4 is 0 Å². The third-order valence-electron chi connectivity index (χ3n) is 5.71. The van der Waals surface area contributed by atoms with Gasteiger partial charge in [-0.3, -0.25) is 9.67 Å². The Morgan fingerprint density at radius 1 is 1.09 bits per heavy atom. The molecule has 2 aromatic rings. The second-order valence-corrected chi connectivity index (χ2v) is 10.4. The van der Waals surface area contributed by atoms with Gasteiger partial charge in [-0.2, -0.15) is 5.10 Å². The monoisotopic (exact) mass is 506 g/mol. The number of aliphatic hydroxyl groups excluding tert-OH is 1. The molecular formula is C24H35BrN4O3. The summed E-state index contributed by atoms with van der Waals surface area (Å²) in [6.45, 7) is 6.74. The first-order valence-electron chi connectivity index (χ1n) is 11.5. The fourth-order valence-electron chi connectivity index (χ4n) is 3.98. The number of pyridine rings is 1. The van der Waals surface area contributed by atoms with Crippen molar-refractivity contribution in [3.8, 4) is 11.3 Å². The van der Waals surface area contributed by atoms with Crippen LogP contribution in [-0.2, 0) is 4.74 Å². The van der Waals surface area contributed by atoms with Crippen LogP contribution in [0.15, 0.2) is 35.2 Å². The van der Waals surface area contributed by atoms with Crippen LogP contribution in [0.1, 0.15) is 71.8 Å². The van der Waals surface area contributed by atoms with E-state index in [0.717, 1.165) is 15.7 Å². The van der Waals surface area contributed by atoms with Crippen molar-refractivity contribution in [2.24, 2.45) is 0 Å². The van der Waals surface area contributed by atoms with Gasteiger partial charge < -0.3 is 14.7 Å². The van der Waals surface area contributed by atoms with E-state index in [1.807, 2.05) is 32.9 Å². The van der Waals surface area contributed by atoms with Crippen LogP contribution >= 0.6 is 15.9 Å². The second kappa shape index (κ2) is 11.3. The van der Waals surface area contributed by atoms with Crippen molar-refractivity contribution < 1.29 is 14.6 Å². The largest absolute Gasteiger partial charge is 0.444 e. The Hall–Kier alpha value is -1.93. The van der Waals surface area contributed by atoms with Gasteiger partial charge in [0.25, 0.3) is 0 Å². The highest BCUT2D eigenvalue weighted by Gasteiger charge is 2.25. The third kappa shape index (κ3) is 7.30. The number of halogens is 1. The van der Waals surface area contributed by atoms with E-state index < -0.39 is 5.60 Å². The molecule has 2 aromatic heterocycles. The summed E-state index contributed by atoms with van der Waals surface area (Å²) in [6.07, 6.45) is 13.0. The quantitative estimate of drug-likeness (QED) is 0.573. The molecule has 1 saturated carbocycles. The number of aromatic nitrogens is 3. The topological polar surface area (TPSA) is 80.5 Å². The Bertz CT molecular complexity index is 852. The predicted octanol–water partition coefficient (Wildman–Crippen LogP) is 5.59. The highest BCUT2D eigenvalue weighted by molar-refractivity contribution is 9.10. The van der Waals surface area contributed by atoms with Crippen LogP contribution in [0.4, 0.5) is 4.79 Å². The maximum Gasteiger partial charge on any atom is 0.410 e. The van der Waals surface area contributed by atoms with E-state index in [1.165, 1.54) is 32.1 Å². The lowest BCUT2D eigenvalue weighted by molar-refractivity contribution is 0.0101. The first kappa shape index (κ1) is 24.7. The van der Waals surface area contributed by atoms with Crippen LogP contribution in [0.25, 0.3) is 11.3 Å². The van der Waals surface area contributed by atoms with Gasteiger partial charge in [0.15, 0.2) is 0 Å². The van der Waals surface area contributed by atoms with E-state index >= 15 is 0 Å². The van der Waals surface area contributed by atoms with Gasteiger partial charge in [0, 0.05) is 37.2 Å². The molecule has 1 aliphatic heterocycles. The van der Waals surface area contributed by atoms with Gasteiger partial charge in [-0.15, -0.1) is 0 Å². The van der Waals surface area contributed by atoms with E-state index in [0.29, 0.717) is 32.0 Å². The highest BCUT2D eigenvalue weighted by Crippen LogP contribution is 2.32. The number of hydrogen-bond acceptors (Lipinski definition) is 5. The van der Waals surface area contributed by atoms with Crippen molar-refractivity contribution in [2.75, 3.05) is 13.1 Å². The molecule has 2 fully saturated rings. The third-order valence-corrected chi connectivity index (χ3v) is 6.29. The molecule has 1 N–H and O–H groups in total. The molecule has 32 heavy (non-hydrogen) atoms. The molecule has 8 heteroatoms. The van der Waals surface area contributed by atoms with E-state index in [2.05, 4.69) is 31.8 Å². The Kier molecular flexibility index (Phi) is 8.71. The van der Waals surface area contributed by atoms with Crippen LogP contribution in [0.2, 0.25) is 0 Å². The summed E-state index contributed by atoms with van der Waals surface area (Å²) in [4.78, 5) is 17.2. The van der Waals surface area contributed by atoms with Gasteiger partial charge in [0.2, 0.25) is 0 Å². The van der Waals surface area contributed by atoms with Gasteiger partial charge in [0.05, 0.1) is 16.6 Å². The fourth-order valence-corrected chi connectivity index (χ4v) is 4.50. The Morgan fingerprint density at radius 3 is 2.31 bits per heavy atom.